The monoisotopic (exact) mass is 317 g/mol. The van der Waals surface area contributed by atoms with Crippen molar-refractivity contribution in [1.29, 1.82) is 0 Å². The first-order valence-electron chi connectivity index (χ1n) is 6.93. The summed E-state index contributed by atoms with van der Waals surface area (Å²) in [7, 11) is 4.61. The van der Waals surface area contributed by atoms with Crippen LogP contribution in [0.2, 0.25) is 0 Å². The van der Waals surface area contributed by atoms with Crippen molar-refractivity contribution in [2.45, 2.75) is 6.54 Å². The predicted octanol–water partition coefficient (Wildman–Crippen LogP) is 2.54. The normalized spacial score (nSPS) is 10.3. The molecule has 3 N–H and O–H groups in total. The highest BCUT2D eigenvalue weighted by molar-refractivity contribution is 5.89. The van der Waals surface area contributed by atoms with E-state index in [4.69, 9.17) is 25.1 Å². The summed E-state index contributed by atoms with van der Waals surface area (Å²) in [6, 6.07) is 8.41. The second-order valence-corrected chi connectivity index (χ2v) is 4.76. The standard InChI is InChI=1S/C17H19NO5/c1-21-14-7-6-13(15(22-2)16(14)23-3)12-5-4-10(17(19)20)8-11(12)9-18/h4-8H,9,18H2,1-3H3,(H,19,20). The number of hydrogen-bond acceptors (Lipinski definition) is 5. The summed E-state index contributed by atoms with van der Waals surface area (Å²) >= 11 is 0. The van der Waals surface area contributed by atoms with Gasteiger partial charge in [0.05, 0.1) is 26.9 Å². The summed E-state index contributed by atoms with van der Waals surface area (Å²) in [4.78, 5) is 11.1. The van der Waals surface area contributed by atoms with Crippen LogP contribution >= 0.6 is 0 Å². The molecule has 0 spiro atoms. The second kappa shape index (κ2) is 7.02. The molecular formula is C17H19NO5. The Morgan fingerprint density at radius 2 is 1.65 bits per heavy atom. The first-order valence-corrected chi connectivity index (χ1v) is 6.93. The lowest BCUT2D eigenvalue weighted by Gasteiger charge is -2.17. The molecule has 122 valence electrons. The molecule has 0 aliphatic heterocycles. The Balaban J connectivity index is 2.69. The Morgan fingerprint density at radius 1 is 1.00 bits per heavy atom. The van der Waals surface area contributed by atoms with Crippen LogP contribution in [0.5, 0.6) is 17.2 Å². The van der Waals surface area contributed by atoms with Crippen LogP contribution in [-0.2, 0) is 6.54 Å². The lowest BCUT2D eigenvalue weighted by molar-refractivity contribution is 0.0697. The average Bonchev–Trinajstić information content (AvgIpc) is 2.59. The van der Waals surface area contributed by atoms with Gasteiger partial charge in [0.1, 0.15) is 0 Å². The maximum absolute atomic E-state index is 11.1. The van der Waals surface area contributed by atoms with Gasteiger partial charge in [-0.25, -0.2) is 4.79 Å². The van der Waals surface area contributed by atoms with Crippen molar-refractivity contribution in [3.05, 3.63) is 41.5 Å². The van der Waals surface area contributed by atoms with E-state index < -0.39 is 5.97 Å². The Hall–Kier alpha value is -2.73. The Kier molecular flexibility index (Phi) is 5.08. The summed E-state index contributed by atoms with van der Waals surface area (Å²) in [5.41, 5.74) is 8.22. The van der Waals surface area contributed by atoms with Crippen molar-refractivity contribution in [2.75, 3.05) is 21.3 Å². The molecule has 6 nitrogen and oxygen atoms in total. The number of benzene rings is 2. The highest BCUT2D eigenvalue weighted by Gasteiger charge is 2.19. The highest BCUT2D eigenvalue weighted by Crippen LogP contribution is 2.45. The highest BCUT2D eigenvalue weighted by atomic mass is 16.5. The van der Waals surface area contributed by atoms with E-state index in [0.717, 1.165) is 11.1 Å². The SMILES string of the molecule is COc1ccc(-c2ccc(C(=O)O)cc2CN)c(OC)c1OC. The molecule has 6 heteroatoms. The minimum atomic E-state index is -0.995. The van der Waals surface area contributed by atoms with Crippen LogP contribution in [0, 0.1) is 0 Å². The molecule has 0 aliphatic rings. The average molecular weight is 317 g/mol. The number of hydrogen-bond donors (Lipinski definition) is 2. The number of aromatic carboxylic acids is 1. The molecular weight excluding hydrogens is 298 g/mol. The van der Waals surface area contributed by atoms with Crippen LogP contribution in [0.4, 0.5) is 0 Å². The Bertz CT molecular complexity index is 727. The molecule has 0 fully saturated rings. The summed E-state index contributed by atoms with van der Waals surface area (Å²) in [5.74, 6) is 0.525. The molecule has 2 aromatic rings. The van der Waals surface area contributed by atoms with E-state index in [-0.39, 0.29) is 12.1 Å². The van der Waals surface area contributed by atoms with Gasteiger partial charge in [0, 0.05) is 12.1 Å². The maximum Gasteiger partial charge on any atom is 0.335 e. The van der Waals surface area contributed by atoms with Gasteiger partial charge in [-0.3, -0.25) is 0 Å². The summed E-state index contributed by atoms with van der Waals surface area (Å²) in [6.07, 6.45) is 0. The van der Waals surface area contributed by atoms with Gasteiger partial charge in [-0.2, -0.15) is 0 Å². The van der Waals surface area contributed by atoms with Gasteiger partial charge in [-0.1, -0.05) is 6.07 Å². The molecule has 0 atom stereocenters. The van der Waals surface area contributed by atoms with E-state index in [1.165, 1.54) is 20.3 Å². The zero-order chi connectivity index (χ0) is 17.0. The number of methoxy groups -OCH3 is 3. The summed E-state index contributed by atoms with van der Waals surface area (Å²) in [5, 5.41) is 9.12. The number of carboxylic acid groups (broad SMARTS) is 1. The van der Waals surface area contributed by atoms with Crippen LogP contribution in [-0.4, -0.2) is 32.4 Å². The fourth-order valence-electron chi connectivity index (χ4n) is 2.47. The van der Waals surface area contributed by atoms with Crippen LogP contribution in [0.25, 0.3) is 11.1 Å². The molecule has 0 saturated carbocycles. The number of ether oxygens (including phenoxy) is 3. The fraction of sp³-hybridized carbons (Fsp3) is 0.235. The van der Waals surface area contributed by atoms with E-state index in [1.807, 2.05) is 6.07 Å². The number of carbonyl (C=O) groups is 1. The molecule has 2 aromatic carbocycles. The molecule has 0 saturated heterocycles. The quantitative estimate of drug-likeness (QED) is 0.851. The third kappa shape index (κ3) is 3.07. The van der Waals surface area contributed by atoms with Crippen LogP contribution in [0.3, 0.4) is 0 Å². The van der Waals surface area contributed by atoms with Gasteiger partial charge in [-0.05, 0) is 35.4 Å². The Labute approximate surface area is 134 Å². The zero-order valence-corrected chi connectivity index (χ0v) is 13.3. The molecule has 0 aliphatic carbocycles. The van der Waals surface area contributed by atoms with Crippen molar-refractivity contribution in [3.63, 3.8) is 0 Å². The van der Waals surface area contributed by atoms with E-state index in [0.29, 0.717) is 22.8 Å². The van der Waals surface area contributed by atoms with Crippen molar-refractivity contribution in [2.24, 2.45) is 5.73 Å². The smallest absolute Gasteiger partial charge is 0.335 e. The van der Waals surface area contributed by atoms with E-state index in [2.05, 4.69) is 0 Å². The second-order valence-electron chi connectivity index (χ2n) is 4.76. The van der Waals surface area contributed by atoms with Crippen LogP contribution < -0.4 is 19.9 Å². The van der Waals surface area contributed by atoms with Crippen molar-refractivity contribution in [1.82, 2.24) is 0 Å². The molecule has 0 bridgehead atoms. The lowest BCUT2D eigenvalue weighted by Crippen LogP contribution is -2.04. The van der Waals surface area contributed by atoms with E-state index in [9.17, 15) is 4.79 Å². The van der Waals surface area contributed by atoms with E-state index in [1.54, 1.807) is 25.3 Å². The first-order chi connectivity index (χ1) is 11.1. The fourth-order valence-corrected chi connectivity index (χ4v) is 2.47. The zero-order valence-electron chi connectivity index (χ0n) is 13.3. The minimum Gasteiger partial charge on any atom is -0.493 e. The van der Waals surface area contributed by atoms with Crippen LogP contribution in [0.1, 0.15) is 15.9 Å². The number of carboxylic acids is 1. The first kappa shape index (κ1) is 16.6. The molecule has 0 amide bonds. The number of rotatable bonds is 6. The largest absolute Gasteiger partial charge is 0.493 e. The topological polar surface area (TPSA) is 91.0 Å². The van der Waals surface area contributed by atoms with E-state index >= 15 is 0 Å². The predicted molar refractivity (Wildman–Crippen MR) is 86.4 cm³/mol. The third-order valence-electron chi connectivity index (χ3n) is 3.57. The molecule has 2 rings (SSSR count). The molecule has 23 heavy (non-hydrogen) atoms. The van der Waals surface area contributed by atoms with Gasteiger partial charge in [0.15, 0.2) is 11.5 Å². The molecule has 0 heterocycles. The van der Waals surface area contributed by atoms with Crippen molar-refractivity contribution in [3.8, 4) is 28.4 Å². The van der Waals surface area contributed by atoms with Gasteiger partial charge >= 0.3 is 5.97 Å². The van der Waals surface area contributed by atoms with Gasteiger partial charge in [-0.15, -0.1) is 0 Å². The van der Waals surface area contributed by atoms with Crippen molar-refractivity contribution < 1.29 is 24.1 Å². The van der Waals surface area contributed by atoms with Gasteiger partial charge in [0.2, 0.25) is 5.75 Å². The summed E-state index contributed by atoms with van der Waals surface area (Å²) < 4.78 is 16.1. The third-order valence-corrected chi connectivity index (χ3v) is 3.57. The number of nitrogens with two attached hydrogens (primary N) is 1. The molecule has 0 aromatic heterocycles. The molecule has 0 radical (unpaired) electrons. The van der Waals surface area contributed by atoms with Crippen molar-refractivity contribution >= 4 is 5.97 Å². The minimum absolute atomic E-state index is 0.189. The Morgan fingerprint density at radius 3 is 2.17 bits per heavy atom. The van der Waals surface area contributed by atoms with Gasteiger partial charge < -0.3 is 25.1 Å². The van der Waals surface area contributed by atoms with Crippen LogP contribution in [0.15, 0.2) is 30.3 Å². The molecule has 0 unspecified atom stereocenters. The van der Waals surface area contributed by atoms with Gasteiger partial charge in [0.25, 0.3) is 0 Å². The maximum atomic E-state index is 11.1. The summed E-state index contributed by atoms with van der Waals surface area (Å²) in [6.45, 7) is 0.202. The lowest BCUT2D eigenvalue weighted by atomic mass is 9.96.